The maximum atomic E-state index is 11.9. The number of nitrogens with two attached hydrogens (primary N) is 2. The monoisotopic (exact) mass is 278 g/mol. The molecule has 2 aromatic heterocycles. The zero-order valence-corrected chi connectivity index (χ0v) is 11.1. The maximum absolute atomic E-state index is 11.9. The standard InChI is InChI=1S/C12H14N4O2S/c13-8(17)5-16-11-9(10(14)15-12(16)18)6-3-1-2-4-7(6)19-11/h1-5H2,(H2,13,17)(H2,14,15,18). The van der Waals surface area contributed by atoms with Gasteiger partial charge >= 0.3 is 5.69 Å². The van der Waals surface area contributed by atoms with Gasteiger partial charge in [-0.3, -0.25) is 9.36 Å². The summed E-state index contributed by atoms with van der Waals surface area (Å²) < 4.78 is 1.33. The van der Waals surface area contributed by atoms with Gasteiger partial charge in [0.05, 0.1) is 5.39 Å². The highest BCUT2D eigenvalue weighted by Crippen LogP contribution is 2.37. The lowest BCUT2D eigenvalue weighted by atomic mass is 9.97. The second kappa shape index (κ2) is 4.34. The van der Waals surface area contributed by atoms with Crippen LogP contribution in [0.5, 0.6) is 0 Å². The predicted molar refractivity (Wildman–Crippen MR) is 74.1 cm³/mol. The number of hydrogen-bond donors (Lipinski definition) is 2. The van der Waals surface area contributed by atoms with Gasteiger partial charge in [-0.2, -0.15) is 4.98 Å². The summed E-state index contributed by atoms with van der Waals surface area (Å²) in [4.78, 5) is 28.8. The van der Waals surface area contributed by atoms with Crippen molar-refractivity contribution in [1.82, 2.24) is 9.55 Å². The molecule has 1 aliphatic rings. The molecule has 2 heterocycles. The van der Waals surface area contributed by atoms with Gasteiger partial charge in [-0.15, -0.1) is 11.3 Å². The molecule has 0 fully saturated rings. The molecule has 0 aromatic carbocycles. The summed E-state index contributed by atoms with van der Waals surface area (Å²) in [7, 11) is 0. The molecule has 100 valence electrons. The van der Waals surface area contributed by atoms with Crippen molar-refractivity contribution >= 4 is 33.3 Å². The van der Waals surface area contributed by atoms with Gasteiger partial charge in [0.15, 0.2) is 0 Å². The second-order valence-electron chi connectivity index (χ2n) is 4.72. The van der Waals surface area contributed by atoms with Gasteiger partial charge in [0.2, 0.25) is 5.91 Å². The predicted octanol–water partition coefficient (Wildman–Crippen LogP) is 0.404. The minimum Gasteiger partial charge on any atom is -0.383 e. The molecule has 4 N–H and O–H groups in total. The van der Waals surface area contributed by atoms with Gasteiger partial charge in [-0.1, -0.05) is 0 Å². The number of thiophene rings is 1. The first-order valence-electron chi connectivity index (χ1n) is 6.17. The lowest BCUT2D eigenvalue weighted by Crippen LogP contribution is -2.30. The topological polar surface area (TPSA) is 104 Å². The van der Waals surface area contributed by atoms with Crippen molar-refractivity contribution in [3.8, 4) is 0 Å². The van der Waals surface area contributed by atoms with Gasteiger partial charge in [0, 0.05) is 4.88 Å². The van der Waals surface area contributed by atoms with Gasteiger partial charge in [0.25, 0.3) is 0 Å². The molecule has 0 saturated carbocycles. The number of primary amides is 1. The number of fused-ring (bicyclic) bond motifs is 3. The highest BCUT2D eigenvalue weighted by Gasteiger charge is 2.21. The summed E-state index contributed by atoms with van der Waals surface area (Å²) in [6, 6.07) is 0. The van der Waals surface area contributed by atoms with E-state index in [1.165, 1.54) is 26.3 Å². The van der Waals surface area contributed by atoms with E-state index in [0.29, 0.717) is 0 Å². The fourth-order valence-corrected chi connectivity index (χ4v) is 4.00. The SMILES string of the molecule is NC(=O)Cn1c(=O)nc(N)c2c3c(sc21)CCCC3. The lowest BCUT2D eigenvalue weighted by Gasteiger charge is -2.10. The molecule has 0 saturated heterocycles. The summed E-state index contributed by atoms with van der Waals surface area (Å²) in [5.74, 6) is -0.290. The first-order valence-corrected chi connectivity index (χ1v) is 6.98. The zero-order valence-electron chi connectivity index (χ0n) is 10.3. The first-order chi connectivity index (χ1) is 9.08. The molecule has 0 aliphatic heterocycles. The summed E-state index contributed by atoms with van der Waals surface area (Å²) in [6.45, 7) is -0.151. The third-order valence-electron chi connectivity index (χ3n) is 3.41. The number of anilines is 1. The molecular formula is C12H14N4O2S. The van der Waals surface area contributed by atoms with Crippen LogP contribution in [0.15, 0.2) is 4.79 Å². The Bertz CT molecular complexity index is 731. The molecule has 2 aromatic rings. The molecular weight excluding hydrogens is 264 g/mol. The highest BCUT2D eigenvalue weighted by atomic mass is 32.1. The Morgan fingerprint density at radius 2 is 2.11 bits per heavy atom. The minimum absolute atomic E-state index is 0.151. The zero-order chi connectivity index (χ0) is 13.6. The van der Waals surface area contributed by atoms with E-state index in [9.17, 15) is 9.59 Å². The van der Waals surface area contributed by atoms with Crippen molar-refractivity contribution in [2.75, 3.05) is 5.73 Å². The Hall–Kier alpha value is -1.89. The van der Waals surface area contributed by atoms with Crippen LogP contribution < -0.4 is 17.2 Å². The Balaban J connectivity index is 2.34. The summed E-state index contributed by atoms with van der Waals surface area (Å²) in [5, 5.41) is 0.834. The number of aryl methyl sites for hydroxylation is 2. The van der Waals surface area contributed by atoms with Crippen LogP contribution in [-0.4, -0.2) is 15.5 Å². The molecule has 6 nitrogen and oxygen atoms in total. The van der Waals surface area contributed by atoms with Crippen molar-refractivity contribution in [1.29, 1.82) is 0 Å². The van der Waals surface area contributed by atoms with Crippen LogP contribution in [0, 0.1) is 0 Å². The number of aromatic nitrogens is 2. The van der Waals surface area contributed by atoms with Crippen LogP contribution in [0.3, 0.4) is 0 Å². The van der Waals surface area contributed by atoms with Crippen molar-refractivity contribution in [2.45, 2.75) is 32.2 Å². The van der Waals surface area contributed by atoms with Crippen LogP contribution in [0.25, 0.3) is 10.2 Å². The van der Waals surface area contributed by atoms with E-state index in [1.807, 2.05) is 0 Å². The number of rotatable bonds is 2. The van der Waals surface area contributed by atoms with Crippen LogP contribution in [0.1, 0.15) is 23.3 Å². The Morgan fingerprint density at radius 3 is 2.84 bits per heavy atom. The molecule has 7 heteroatoms. The molecule has 0 unspecified atom stereocenters. The van der Waals surface area contributed by atoms with E-state index in [-0.39, 0.29) is 12.4 Å². The summed E-state index contributed by atoms with van der Waals surface area (Å²) in [6.07, 6.45) is 4.22. The molecule has 0 atom stereocenters. The third kappa shape index (κ3) is 1.90. The van der Waals surface area contributed by atoms with Crippen molar-refractivity contribution in [3.63, 3.8) is 0 Å². The molecule has 0 bridgehead atoms. The van der Waals surface area contributed by atoms with Gasteiger partial charge in [-0.25, -0.2) is 4.79 Å². The van der Waals surface area contributed by atoms with E-state index in [1.54, 1.807) is 0 Å². The number of hydrogen-bond acceptors (Lipinski definition) is 5. The fraction of sp³-hybridized carbons (Fsp3) is 0.417. The molecule has 0 spiro atoms. The molecule has 1 aliphatic carbocycles. The van der Waals surface area contributed by atoms with Crippen LogP contribution in [0.4, 0.5) is 5.82 Å². The van der Waals surface area contributed by atoms with Gasteiger partial charge in [-0.05, 0) is 31.2 Å². The second-order valence-corrected chi connectivity index (χ2v) is 5.81. The molecule has 0 radical (unpaired) electrons. The van der Waals surface area contributed by atoms with E-state index >= 15 is 0 Å². The smallest absolute Gasteiger partial charge is 0.351 e. The Labute approximate surface area is 113 Å². The van der Waals surface area contributed by atoms with Gasteiger partial charge < -0.3 is 11.5 Å². The van der Waals surface area contributed by atoms with Gasteiger partial charge in [0.1, 0.15) is 17.2 Å². The van der Waals surface area contributed by atoms with E-state index in [2.05, 4.69) is 4.98 Å². The maximum Gasteiger partial charge on any atom is 0.351 e. The van der Waals surface area contributed by atoms with Crippen molar-refractivity contribution < 1.29 is 4.79 Å². The highest BCUT2D eigenvalue weighted by molar-refractivity contribution is 7.19. The van der Waals surface area contributed by atoms with Crippen molar-refractivity contribution in [3.05, 3.63) is 20.9 Å². The van der Waals surface area contributed by atoms with E-state index < -0.39 is 11.6 Å². The summed E-state index contributed by atoms with van der Waals surface area (Å²) >= 11 is 1.53. The quantitative estimate of drug-likeness (QED) is 0.829. The largest absolute Gasteiger partial charge is 0.383 e. The number of nitrogens with zero attached hydrogens (tertiary/aromatic N) is 2. The number of amides is 1. The first kappa shape index (κ1) is 12.2. The van der Waals surface area contributed by atoms with Crippen molar-refractivity contribution in [2.24, 2.45) is 5.73 Å². The average molecular weight is 278 g/mol. The van der Waals surface area contributed by atoms with Crippen LogP contribution in [0.2, 0.25) is 0 Å². The average Bonchev–Trinajstić information content (AvgIpc) is 2.73. The molecule has 3 rings (SSSR count). The lowest BCUT2D eigenvalue weighted by molar-refractivity contribution is -0.118. The van der Waals surface area contributed by atoms with Crippen LogP contribution >= 0.6 is 11.3 Å². The Morgan fingerprint density at radius 1 is 1.37 bits per heavy atom. The minimum atomic E-state index is -0.554. The van der Waals surface area contributed by atoms with E-state index in [0.717, 1.165) is 35.9 Å². The molecule has 1 amide bonds. The van der Waals surface area contributed by atoms with Crippen LogP contribution in [-0.2, 0) is 24.2 Å². The number of carbonyl (C=O) groups is 1. The summed E-state index contributed by atoms with van der Waals surface area (Å²) in [5.41, 5.74) is 11.8. The number of nitrogen functional groups attached to an aromatic ring is 1. The molecule has 19 heavy (non-hydrogen) atoms. The normalized spacial score (nSPS) is 14.5. The Kier molecular flexibility index (Phi) is 2.78. The number of carbonyl (C=O) groups excluding carboxylic acids is 1. The fourth-order valence-electron chi connectivity index (χ4n) is 2.61. The third-order valence-corrected chi connectivity index (χ3v) is 4.73. The van der Waals surface area contributed by atoms with E-state index in [4.69, 9.17) is 11.5 Å².